The van der Waals surface area contributed by atoms with Gasteiger partial charge in [-0.3, -0.25) is 5.32 Å². The Hall–Kier alpha value is -0.120. The van der Waals surface area contributed by atoms with Crippen LogP contribution in [-0.2, 0) is 4.74 Å². The summed E-state index contributed by atoms with van der Waals surface area (Å²) in [5.41, 5.74) is 0.325. The van der Waals surface area contributed by atoms with Gasteiger partial charge in [0.25, 0.3) is 0 Å². The average Bonchev–Trinajstić information content (AvgIpc) is 3.13. The summed E-state index contributed by atoms with van der Waals surface area (Å²) >= 11 is 0. The molecule has 1 aliphatic carbocycles. The van der Waals surface area contributed by atoms with Gasteiger partial charge in [-0.05, 0) is 24.7 Å². The Bertz CT molecular complexity index is 298. The van der Waals surface area contributed by atoms with Gasteiger partial charge in [0.1, 0.15) is 5.72 Å². The number of rotatable bonds is 1. The van der Waals surface area contributed by atoms with Gasteiger partial charge >= 0.3 is 0 Å². The van der Waals surface area contributed by atoms with Crippen molar-refractivity contribution in [1.29, 1.82) is 0 Å². The first-order valence-corrected chi connectivity index (χ1v) is 7.64. The molecule has 1 saturated carbocycles. The second-order valence-electron chi connectivity index (χ2n) is 7.46. The zero-order valence-electron chi connectivity index (χ0n) is 12.2. The van der Waals surface area contributed by atoms with E-state index in [0.29, 0.717) is 11.5 Å². The van der Waals surface area contributed by atoms with Gasteiger partial charge in [-0.25, -0.2) is 0 Å². The van der Waals surface area contributed by atoms with Crippen LogP contribution in [0.3, 0.4) is 0 Å². The van der Waals surface area contributed by atoms with Crippen LogP contribution < -0.4 is 5.32 Å². The highest BCUT2D eigenvalue weighted by molar-refractivity contribution is 4.97. The van der Waals surface area contributed by atoms with Gasteiger partial charge in [0.05, 0.1) is 6.61 Å². The van der Waals surface area contributed by atoms with Gasteiger partial charge < -0.3 is 9.64 Å². The molecule has 2 heterocycles. The van der Waals surface area contributed by atoms with Crippen LogP contribution in [-0.4, -0.2) is 42.4 Å². The molecule has 3 nitrogen and oxygen atoms in total. The van der Waals surface area contributed by atoms with Crippen molar-refractivity contribution in [1.82, 2.24) is 10.2 Å². The topological polar surface area (TPSA) is 24.5 Å². The van der Waals surface area contributed by atoms with E-state index in [1.807, 2.05) is 0 Å². The van der Waals surface area contributed by atoms with Gasteiger partial charge in [0, 0.05) is 38.0 Å². The Morgan fingerprint density at radius 1 is 1.11 bits per heavy atom. The largest absolute Gasteiger partial charge is 0.360 e. The minimum absolute atomic E-state index is 0.0123. The smallest absolute Gasteiger partial charge is 0.121 e. The molecule has 2 saturated heterocycles. The highest BCUT2D eigenvalue weighted by Crippen LogP contribution is 2.36. The first-order chi connectivity index (χ1) is 8.49. The van der Waals surface area contributed by atoms with E-state index >= 15 is 0 Å². The summed E-state index contributed by atoms with van der Waals surface area (Å²) in [5, 5.41) is 3.84. The zero-order valence-corrected chi connectivity index (χ0v) is 12.2. The minimum atomic E-state index is -0.0123. The third-order valence-electron chi connectivity index (χ3n) is 4.94. The summed E-state index contributed by atoms with van der Waals surface area (Å²) in [6.07, 6.45) is 6.32. The summed E-state index contributed by atoms with van der Waals surface area (Å²) in [7, 11) is 0. The summed E-state index contributed by atoms with van der Waals surface area (Å²) in [6, 6.07) is 1.50. The Morgan fingerprint density at radius 3 is 2.33 bits per heavy atom. The first-order valence-electron chi connectivity index (χ1n) is 7.64. The highest BCUT2D eigenvalue weighted by Gasteiger charge is 2.44. The van der Waals surface area contributed by atoms with Crippen molar-refractivity contribution in [3.63, 3.8) is 0 Å². The Balaban J connectivity index is 1.61. The molecule has 104 valence electrons. The molecule has 0 aromatic heterocycles. The molecule has 1 atom stereocenters. The van der Waals surface area contributed by atoms with Crippen LogP contribution in [0.25, 0.3) is 0 Å². The van der Waals surface area contributed by atoms with E-state index in [-0.39, 0.29) is 5.72 Å². The van der Waals surface area contributed by atoms with Gasteiger partial charge in [-0.15, -0.1) is 0 Å². The Morgan fingerprint density at radius 2 is 1.78 bits per heavy atom. The molecule has 0 radical (unpaired) electrons. The Labute approximate surface area is 111 Å². The third-order valence-corrected chi connectivity index (χ3v) is 4.94. The van der Waals surface area contributed by atoms with E-state index in [1.54, 1.807) is 0 Å². The number of hydrogen-bond acceptors (Lipinski definition) is 3. The molecule has 1 spiro atoms. The SMILES string of the molecule is CC(C)(C)C1CCOC2(CCN(C3CC3)CC2)N1. The van der Waals surface area contributed by atoms with Crippen LogP contribution in [0, 0.1) is 5.41 Å². The molecule has 0 aromatic carbocycles. The molecular weight excluding hydrogens is 224 g/mol. The molecule has 3 fully saturated rings. The highest BCUT2D eigenvalue weighted by atomic mass is 16.5. The molecule has 1 N–H and O–H groups in total. The van der Waals surface area contributed by atoms with Crippen LogP contribution in [0.5, 0.6) is 0 Å². The maximum absolute atomic E-state index is 6.14. The normalized spacial score (nSPS) is 33.8. The zero-order chi connectivity index (χ0) is 12.8. The lowest BCUT2D eigenvalue weighted by atomic mass is 9.82. The van der Waals surface area contributed by atoms with E-state index in [1.165, 1.54) is 25.9 Å². The number of hydrogen-bond donors (Lipinski definition) is 1. The van der Waals surface area contributed by atoms with Crippen LogP contribution in [0.15, 0.2) is 0 Å². The predicted molar refractivity (Wildman–Crippen MR) is 73.5 cm³/mol. The van der Waals surface area contributed by atoms with E-state index in [2.05, 4.69) is 31.0 Å². The average molecular weight is 252 g/mol. The van der Waals surface area contributed by atoms with Crippen LogP contribution in [0.1, 0.15) is 52.9 Å². The van der Waals surface area contributed by atoms with Gasteiger partial charge in [-0.1, -0.05) is 20.8 Å². The fourth-order valence-corrected chi connectivity index (χ4v) is 3.43. The fraction of sp³-hybridized carbons (Fsp3) is 1.00. The second kappa shape index (κ2) is 4.46. The van der Waals surface area contributed by atoms with Crippen molar-refractivity contribution in [3.05, 3.63) is 0 Å². The lowest BCUT2D eigenvalue weighted by Crippen LogP contribution is -2.63. The number of nitrogens with one attached hydrogen (secondary N) is 1. The van der Waals surface area contributed by atoms with Crippen molar-refractivity contribution >= 4 is 0 Å². The van der Waals surface area contributed by atoms with Gasteiger partial charge in [-0.2, -0.15) is 0 Å². The van der Waals surface area contributed by atoms with E-state index in [4.69, 9.17) is 4.74 Å². The van der Waals surface area contributed by atoms with E-state index < -0.39 is 0 Å². The van der Waals surface area contributed by atoms with Crippen LogP contribution >= 0.6 is 0 Å². The Kier molecular flexibility index (Phi) is 3.20. The third kappa shape index (κ3) is 2.59. The summed E-state index contributed by atoms with van der Waals surface area (Å²) < 4.78 is 6.14. The molecule has 2 aliphatic heterocycles. The molecule has 18 heavy (non-hydrogen) atoms. The summed E-state index contributed by atoms with van der Waals surface area (Å²) in [6.45, 7) is 10.4. The number of piperidine rings is 1. The van der Waals surface area contributed by atoms with Gasteiger partial charge in [0.15, 0.2) is 0 Å². The van der Waals surface area contributed by atoms with Crippen LogP contribution in [0.2, 0.25) is 0 Å². The number of ether oxygens (including phenoxy) is 1. The maximum atomic E-state index is 6.14. The second-order valence-corrected chi connectivity index (χ2v) is 7.46. The molecule has 0 bridgehead atoms. The molecule has 1 unspecified atom stereocenters. The van der Waals surface area contributed by atoms with Gasteiger partial charge in [0.2, 0.25) is 0 Å². The van der Waals surface area contributed by atoms with E-state index in [9.17, 15) is 0 Å². The van der Waals surface area contributed by atoms with E-state index in [0.717, 1.165) is 31.9 Å². The lowest BCUT2D eigenvalue weighted by Gasteiger charge is -2.50. The first kappa shape index (κ1) is 12.9. The molecule has 3 rings (SSSR count). The lowest BCUT2D eigenvalue weighted by molar-refractivity contribution is -0.150. The van der Waals surface area contributed by atoms with Crippen molar-refractivity contribution in [2.24, 2.45) is 5.41 Å². The maximum Gasteiger partial charge on any atom is 0.121 e. The molecular formula is C15H28N2O. The van der Waals surface area contributed by atoms with Crippen molar-refractivity contribution < 1.29 is 4.74 Å². The fourth-order valence-electron chi connectivity index (χ4n) is 3.43. The quantitative estimate of drug-likeness (QED) is 0.775. The van der Waals surface area contributed by atoms with Crippen molar-refractivity contribution in [3.8, 4) is 0 Å². The standard InChI is InChI=1S/C15H28N2O/c1-14(2,3)13-6-11-18-15(16-13)7-9-17(10-8-15)12-4-5-12/h12-13,16H,4-11H2,1-3H3. The predicted octanol–water partition coefficient (Wildman–Crippen LogP) is 2.37. The number of nitrogens with zero attached hydrogens (tertiary/aromatic N) is 1. The number of likely N-dealkylation sites (tertiary alicyclic amines) is 1. The van der Waals surface area contributed by atoms with Crippen molar-refractivity contribution in [2.75, 3.05) is 19.7 Å². The van der Waals surface area contributed by atoms with Crippen LogP contribution in [0.4, 0.5) is 0 Å². The van der Waals surface area contributed by atoms with Crippen molar-refractivity contribution in [2.45, 2.75) is 70.7 Å². The monoisotopic (exact) mass is 252 g/mol. The minimum Gasteiger partial charge on any atom is -0.360 e. The molecule has 0 amide bonds. The molecule has 3 heteroatoms. The summed E-state index contributed by atoms with van der Waals surface area (Å²) in [5.74, 6) is 0. The summed E-state index contributed by atoms with van der Waals surface area (Å²) in [4.78, 5) is 2.66. The molecule has 3 aliphatic rings. The molecule has 0 aromatic rings.